The van der Waals surface area contributed by atoms with Crippen LogP contribution in [0.25, 0.3) is 0 Å². The molecule has 0 bridgehead atoms. The van der Waals surface area contributed by atoms with E-state index in [0.717, 1.165) is 0 Å². The summed E-state index contributed by atoms with van der Waals surface area (Å²) in [7, 11) is 0. The van der Waals surface area contributed by atoms with E-state index in [1.165, 1.54) is 173 Å². The zero-order chi connectivity index (χ0) is 22.8. The first-order chi connectivity index (χ1) is 15.9. The van der Waals surface area contributed by atoms with Crippen LogP contribution in [0.3, 0.4) is 0 Å². The molecule has 1 heterocycles. The van der Waals surface area contributed by atoms with Crippen LogP contribution < -0.4 is 0 Å². The fourth-order valence-electron chi connectivity index (χ4n) is 4.98. The van der Waals surface area contributed by atoms with Crippen LogP contribution in [-0.2, 0) is 6.42 Å². The number of hydrogen-bond acceptors (Lipinski definition) is 0. The first-order valence-corrected chi connectivity index (χ1v) is 15.1. The van der Waals surface area contributed by atoms with Crippen molar-refractivity contribution in [2.75, 3.05) is 0 Å². The van der Waals surface area contributed by atoms with Crippen molar-refractivity contribution in [3.63, 3.8) is 0 Å². The van der Waals surface area contributed by atoms with Gasteiger partial charge in [-0.3, -0.25) is 0 Å². The van der Waals surface area contributed by atoms with Gasteiger partial charge in [0.2, 0.25) is 0 Å². The Bertz CT molecular complexity index is 435. The van der Waals surface area contributed by atoms with Crippen molar-refractivity contribution in [1.29, 1.82) is 0 Å². The largest absolute Gasteiger partial charge is 0.365 e. The lowest BCUT2D eigenvalue weighted by Crippen LogP contribution is -1.86. The summed E-state index contributed by atoms with van der Waals surface area (Å²) in [5.41, 5.74) is 1.40. The Kier molecular flexibility index (Phi) is 22.8. The lowest BCUT2D eigenvalue weighted by molar-refractivity contribution is 0.516. The van der Waals surface area contributed by atoms with Crippen LogP contribution in [0.4, 0.5) is 0 Å². The molecule has 0 unspecified atom stereocenters. The Labute approximate surface area is 202 Å². The van der Waals surface area contributed by atoms with Crippen LogP contribution in [0.15, 0.2) is 18.3 Å². The molecule has 1 heteroatoms. The summed E-state index contributed by atoms with van der Waals surface area (Å²) < 4.78 is 0. The number of H-pyrrole nitrogens is 1. The minimum absolute atomic E-state index is 1.23. The topological polar surface area (TPSA) is 15.8 Å². The summed E-state index contributed by atoms with van der Waals surface area (Å²) in [6, 6.07) is 4.31. The van der Waals surface area contributed by atoms with Crippen molar-refractivity contribution in [2.24, 2.45) is 0 Å². The molecule has 0 saturated carbocycles. The van der Waals surface area contributed by atoms with E-state index in [0.29, 0.717) is 0 Å². The van der Waals surface area contributed by atoms with Gasteiger partial charge in [0.25, 0.3) is 0 Å². The van der Waals surface area contributed by atoms with Gasteiger partial charge in [-0.15, -0.1) is 0 Å². The van der Waals surface area contributed by atoms with Crippen LogP contribution >= 0.6 is 0 Å². The zero-order valence-corrected chi connectivity index (χ0v) is 22.1. The molecule has 0 aliphatic heterocycles. The fourth-order valence-corrected chi connectivity index (χ4v) is 4.98. The van der Waals surface area contributed by atoms with Gasteiger partial charge in [-0.1, -0.05) is 161 Å². The minimum Gasteiger partial charge on any atom is -0.365 e. The lowest BCUT2D eigenvalue weighted by atomic mass is 10.0. The molecule has 0 fully saturated rings. The number of aryl methyl sites for hydroxylation is 1. The first kappa shape index (κ1) is 29.3. The van der Waals surface area contributed by atoms with E-state index in [-0.39, 0.29) is 0 Å². The van der Waals surface area contributed by atoms with E-state index in [2.05, 4.69) is 24.0 Å². The molecule has 0 radical (unpaired) electrons. The first-order valence-electron chi connectivity index (χ1n) is 15.1. The lowest BCUT2D eigenvalue weighted by Gasteiger charge is -2.04. The molecule has 32 heavy (non-hydrogen) atoms. The Morgan fingerprint density at radius 2 is 0.750 bits per heavy atom. The summed E-state index contributed by atoms with van der Waals surface area (Å²) in [5, 5.41) is 0. The Morgan fingerprint density at radius 3 is 1.03 bits per heavy atom. The van der Waals surface area contributed by atoms with Crippen molar-refractivity contribution in [2.45, 2.75) is 174 Å². The third-order valence-electron chi connectivity index (χ3n) is 7.21. The zero-order valence-electron chi connectivity index (χ0n) is 22.1. The van der Waals surface area contributed by atoms with E-state index in [1.54, 1.807) is 0 Å². The highest BCUT2D eigenvalue weighted by Gasteiger charge is 1.97. The minimum atomic E-state index is 1.23. The van der Waals surface area contributed by atoms with Crippen LogP contribution in [0.1, 0.15) is 173 Å². The smallest absolute Gasteiger partial charge is 0.0147 e. The molecule has 0 amide bonds. The molecule has 0 saturated heterocycles. The molecule has 1 N–H and O–H groups in total. The third-order valence-corrected chi connectivity index (χ3v) is 7.21. The normalized spacial score (nSPS) is 11.4. The molecule has 1 aromatic heterocycles. The number of aromatic amines is 1. The second-order valence-electron chi connectivity index (χ2n) is 10.4. The highest BCUT2D eigenvalue weighted by Crippen LogP contribution is 2.16. The maximum absolute atomic E-state index is 3.30. The van der Waals surface area contributed by atoms with Crippen LogP contribution in [-0.4, -0.2) is 4.98 Å². The van der Waals surface area contributed by atoms with Crippen molar-refractivity contribution >= 4 is 0 Å². The molecule has 0 aliphatic rings. The van der Waals surface area contributed by atoms with Crippen LogP contribution in [0, 0.1) is 0 Å². The second kappa shape index (κ2) is 24.9. The van der Waals surface area contributed by atoms with Gasteiger partial charge in [0.15, 0.2) is 0 Å². The molecule has 0 aliphatic carbocycles. The van der Waals surface area contributed by atoms with Gasteiger partial charge in [0.05, 0.1) is 0 Å². The van der Waals surface area contributed by atoms with E-state index >= 15 is 0 Å². The highest BCUT2D eigenvalue weighted by atomic mass is 14.7. The average Bonchev–Trinajstić information content (AvgIpc) is 3.32. The number of unbranched alkanes of at least 4 members (excludes halogenated alkanes) is 24. The molecule has 188 valence electrons. The Balaban J connectivity index is 1.62. The predicted octanol–water partition coefficient (Wildman–Crippen LogP) is 11.3. The monoisotopic (exact) mass is 445 g/mol. The predicted molar refractivity (Wildman–Crippen MR) is 146 cm³/mol. The van der Waals surface area contributed by atoms with Crippen molar-refractivity contribution in [1.82, 2.24) is 4.98 Å². The van der Waals surface area contributed by atoms with Gasteiger partial charge in [0, 0.05) is 11.9 Å². The summed E-state index contributed by atoms with van der Waals surface area (Å²) in [6.07, 6.45) is 39.8. The van der Waals surface area contributed by atoms with E-state index in [1.807, 2.05) is 6.20 Å². The molecule has 0 aromatic carbocycles. The second-order valence-corrected chi connectivity index (χ2v) is 10.4. The fraction of sp³-hybridized carbons (Fsp3) is 0.871. The highest BCUT2D eigenvalue weighted by molar-refractivity contribution is 5.03. The molecule has 1 rings (SSSR count). The Hall–Kier alpha value is -0.720. The van der Waals surface area contributed by atoms with E-state index in [9.17, 15) is 0 Å². The summed E-state index contributed by atoms with van der Waals surface area (Å²) >= 11 is 0. The van der Waals surface area contributed by atoms with Gasteiger partial charge in [-0.05, 0) is 25.0 Å². The quantitative estimate of drug-likeness (QED) is 0.136. The molecule has 0 atom stereocenters. The van der Waals surface area contributed by atoms with Crippen LogP contribution in [0.5, 0.6) is 0 Å². The van der Waals surface area contributed by atoms with Gasteiger partial charge in [0.1, 0.15) is 0 Å². The van der Waals surface area contributed by atoms with E-state index < -0.39 is 0 Å². The maximum Gasteiger partial charge on any atom is 0.0147 e. The Morgan fingerprint density at radius 1 is 0.438 bits per heavy atom. The van der Waals surface area contributed by atoms with Gasteiger partial charge >= 0.3 is 0 Å². The van der Waals surface area contributed by atoms with Crippen molar-refractivity contribution in [3.8, 4) is 0 Å². The molecular formula is C31H59N. The van der Waals surface area contributed by atoms with Gasteiger partial charge in [-0.2, -0.15) is 0 Å². The average molecular weight is 446 g/mol. The summed E-state index contributed by atoms with van der Waals surface area (Å²) in [6.45, 7) is 2.30. The summed E-state index contributed by atoms with van der Waals surface area (Å²) in [4.78, 5) is 3.30. The van der Waals surface area contributed by atoms with Crippen molar-refractivity contribution in [3.05, 3.63) is 24.0 Å². The summed E-state index contributed by atoms with van der Waals surface area (Å²) in [5.74, 6) is 0. The standard InChI is InChI=1S/C31H59N/c1-2-3-4-5-6-7-8-9-10-11-12-13-14-15-16-17-18-19-20-21-22-23-24-25-26-28-31-29-27-30-32-31/h27,29-30,32H,2-26,28H2,1H3. The number of aromatic nitrogens is 1. The number of hydrogen-bond donors (Lipinski definition) is 1. The van der Waals surface area contributed by atoms with Gasteiger partial charge in [-0.25, -0.2) is 0 Å². The molecular weight excluding hydrogens is 386 g/mol. The molecule has 1 aromatic rings. The SMILES string of the molecule is CCCCCCCCCCCCCCCCCCCCCCCCCCCc1ccc[nH]1. The number of rotatable bonds is 26. The van der Waals surface area contributed by atoms with E-state index in [4.69, 9.17) is 0 Å². The maximum atomic E-state index is 3.30. The van der Waals surface area contributed by atoms with Crippen molar-refractivity contribution < 1.29 is 0 Å². The third kappa shape index (κ3) is 21.1. The molecule has 1 nitrogen and oxygen atoms in total. The van der Waals surface area contributed by atoms with Crippen LogP contribution in [0.2, 0.25) is 0 Å². The molecule has 0 spiro atoms. The van der Waals surface area contributed by atoms with Gasteiger partial charge < -0.3 is 4.98 Å². The number of nitrogens with one attached hydrogen (secondary N) is 1.